The van der Waals surface area contributed by atoms with Gasteiger partial charge in [-0.3, -0.25) is 9.69 Å². The molecule has 0 bridgehead atoms. The van der Waals surface area contributed by atoms with Crippen molar-refractivity contribution in [2.24, 2.45) is 0 Å². The summed E-state index contributed by atoms with van der Waals surface area (Å²) in [6.07, 6.45) is 1.73. The summed E-state index contributed by atoms with van der Waals surface area (Å²) in [6, 6.07) is 6.71. The van der Waals surface area contributed by atoms with Gasteiger partial charge in [-0.15, -0.1) is 0 Å². The number of aliphatic carboxylic acids is 1. The highest BCUT2D eigenvalue weighted by molar-refractivity contribution is 8.26. The fraction of sp³-hybridized carbons (Fsp3) is 0.267. The molecule has 122 valence electrons. The second-order valence-electron chi connectivity index (χ2n) is 4.56. The number of ether oxygens (including phenoxy) is 2. The predicted molar refractivity (Wildman–Crippen MR) is 88.7 cm³/mol. The first kappa shape index (κ1) is 17.5. The molecule has 2 rings (SSSR count). The number of carbonyl (C=O) groups excluding carboxylic acids is 2. The first-order chi connectivity index (χ1) is 11.0. The van der Waals surface area contributed by atoms with E-state index in [-0.39, 0.29) is 5.91 Å². The molecule has 1 aromatic carbocycles. The highest BCUT2D eigenvalue weighted by atomic mass is 32.2. The second kappa shape index (κ2) is 8.09. The summed E-state index contributed by atoms with van der Waals surface area (Å²) in [4.78, 5) is 24.6. The number of thioether (sulfide) groups is 1. The lowest BCUT2D eigenvalue weighted by Crippen LogP contribution is -2.31. The number of hydrogen-bond acceptors (Lipinski definition) is 7. The molecule has 0 N–H and O–H groups in total. The lowest BCUT2D eigenvalue weighted by atomic mass is 10.2. The number of hydrogen-bond donors (Lipinski definition) is 0. The highest BCUT2D eigenvalue weighted by Crippen LogP contribution is 2.32. The summed E-state index contributed by atoms with van der Waals surface area (Å²) in [5.74, 6) is -1.01. The predicted octanol–water partition coefficient (Wildman–Crippen LogP) is 0.663. The van der Waals surface area contributed by atoms with Crippen LogP contribution in [0.1, 0.15) is 5.56 Å². The van der Waals surface area contributed by atoms with Crippen molar-refractivity contribution < 1.29 is 24.2 Å². The number of methoxy groups -OCH3 is 1. The topological polar surface area (TPSA) is 78.9 Å². The zero-order valence-corrected chi connectivity index (χ0v) is 13.9. The van der Waals surface area contributed by atoms with E-state index in [1.807, 2.05) is 0 Å². The molecule has 8 heteroatoms. The molecule has 0 saturated carbocycles. The zero-order chi connectivity index (χ0) is 16.8. The van der Waals surface area contributed by atoms with Crippen molar-refractivity contribution in [3.05, 3.63) is 34.7 Å². The molecule has 6 nitrogen and oxygen atoms in total. The molecule has 1 aliphatic heterocycles. The third kappa shape index (κ3) is 4.78. The Bertz CT molecular complexity index is 642. The van der Waals surface area contributed by atoms with Crippen LogP contribution in [0.4, 0.5) is 0 Å². The van der Waals surface area contributed by atoms with Crippen LogP contribution >= 0.6 is 24.0 Å². The Morgan fingerprint density at radius 2 is 2.09 bits per heavy atom. The highest BCUT2D eigenvalue weighted by Gasteiger charge is 2.31. The Hall–Kier alpha value is -1.90. The quantitative estimate of drug-likeness (QED) is 0.527. The van der Waals surface area contributed by atoms with Gasteiger partial charge in [-0.25, -0.2) is 0 Å². The Balaban J connectivity index is 2.05. The smallest absolute Gasteiger partial charge is 0.266 e. The minimum absolute atomic E-state index is 0.144. The van der Waals surface area contributed by atoms with Gasteiger partial charge in [-0.1, -0.05) is 36.1 Å². The van der Waals surface area contributed by atoms with E-state index in [0.717, 1.165) is 5.56 Å². The average Bonchev–Trinajstić information content (AvgIpc) is 2.78. The molecule has 0 aromatic heterocycles. The van der Waals surface area contributed by atoms with E-state index in [9.17, 15) is 14.7 Å². The fourth-order valence-corrected chi connectivity index (χ4v) is 3.14. The van der Waals surface area contributed by atoms with Gasteiger partial charge in [0, 0.05) is 7.11 Å². The van der Waals surface area contributed by atoms with Gasteiger partial charge in [0.05, 0.1) is 24.0 Å². The minimum Gasteiger partial charge on any atom is -0.546 e. The summed E-state index contributed by atoms with van der Waals surface area (Å²) in [6.45, 7) is 0.343. The first-order valence-corrected chi connectivity index (χ1v) is 7.90. The van der Waals surface area contributed by atoms with Gasteiger partial charge in [0.15, 0.2) is 0 Å². The average molecular weight is 352 g/mol. The summed E-state index contributed by atoms with van der Waals surface area (Å²) in [5.41, 5.74) is 0.790. The number of rotatable bonds is 7. The van der Waals surface area contributed by atoms with Gasteiger partial charge in [-0.2, -0.15) is 0 Å². The monoisotopic (exact) mass is 352 g/mol. The molecule has 0 spiro atoms. The molecule has 1 fully saturated rings. The van der Waals surface area contributed by atoms with Crippen molar-refractivity contribution in [3.63, 3.8) is 0 Å². The number of carboxylic acids is 1. The van der Waals surface area contributed by atoms with Crippen LogP contribution in [0.5, 0.6) is 5.75 Å². The number of thiocarbonyl (C=S) groups is 1. The number of amides is 1. The molecule has 1 heterocycles. The Morgan fingerprint density at radius 1 is 1.39 bits per heavy atom. The molecule has 1 amide bonds. The van der Waals surface area contributed by atoms with Crippen molar-refractivity contribution in [1.29, 1.82) is 0 Å². The van der Waals surface area contributed by atoms with Gasteiger partial charge >= 0.3 is 0 Å². The van der Waals surface area contributed by atoms with Crippen LogP contribution < -0.4 is 9.84 Å². The van der Waals surface area contributed by atoms with Gasteiger partial charge in [-0.05, 0) is 23.8 Å². The third-order valence-corrected chi connectivity index (χ3v) is 4.30. The van der Waals surface area contributed by atoms with E-state index in [4.69, 9.17) is 21.7 Å². The van der Waals surface area contributed by atoms with Crippen LogP contribution in [-0.4, -0.2) is 48.0 Å². The number of nitrogens with zero attached hydrogens (tertiary/aromatic N) is 1. The van der Waals surface area contributed by atoms with E-state index in [1.54, 1.807) is 37.5 Å². The minimum atomic E-state index is -1.28. The van der Waals surface area contributed by atoms with Gasteiger partial charge in [0.1, 0.15) is 16.7 Å². The van der Waals surface area contributed by atoms with Crippen LogP contribution in [0.25, 0.3) is 6.08 Å². The maximum absolute atomic E-state index is 12.3. The lowest BCUT2D eigenvalue weighted by Gasteiger charge is -2.12. The Kier molecular flexibility index (Phi) is 6.14. The van der Waals surface area contributed by atoms with Gasteiger partial charge in [0.2, 0.25) is 0 Å². The molecule has 23 heavy (non-hydrogen) atoms. The summed E-state index contributed by atoms with van der Waals surface area (Å²) in [5, 5.41) is 10.3. The number of carbonyl (C=O) groups is 2. The van der Waals surface area contributed by atoms with Crippen molar-refractivity contribution in [2.75, 3.05) is 26.9 Å². The van der Waals surface area contributed by atoms with Crippen LogP contribution in [-0.2, 0) is 14.3 Å². The fourth-order valence-electron chi connectivity index (χ4n) is 1.83. The van der Waals surface area contributed by atoms with E-state index in [2.05, 4.69) is 0 Å². The van der Waals surface area contributed by atoms with Crippen LogP contribution in [0, 0.1) is 0 Å². The lowest BCUT2D eigenvalue weighted by molar-refractivity contribution is -0.307. The van der Waals surface area contributed by atoms with E-state index < -0.39 is 12.6 Å². The molecule has 0 unspecified atom stereocenters. The van der Waals surface area contributed by atoms with E-state index in [1.165, 1.54) is 16.7 Å². The van der Waals surface area contributed by atoms with Crippen LogP contribution in [0.3, 0.4) is 0 Å². The van der Waals surface area contributed by atoms with Crippen molar-refractivity contribution in [2.45, 2.75) is 0 Å². The van der Waals surface area contributed by atoms with Crippen molar-refractivity contribution in [3.8, 4) is 5.75 Å². The molecule has 0 atom stereocenters. The summed E-state index contributed by atoms with van der Waals surface area (Å²) < 4.78 is 10.5. The van der Waals surface area contributed by atoms with E-state index >= 15 is 0 Å². The molecule has 0 aliphatic carbocycles. The van der Waals surface area contributed by atoms with Crippen molar-refractivity contribution in [1.82, 2.24) is 4.90 Å². The van der Waals surface area contributed by atoms with Crippen LogP contribution in [0.15, 0.2) is 29.2 Å². The second-order valence-corrected chi connectivity index (χ2v) is 6.23. The van der Waals surface area contributed by atoms with Crippen LogP contribution in [0.2, 0.25) is 0 Å². The molecule has 1 saturated heterocycles. The number of benzene rings is 1. The maximum Gasteiger partial charge on any atom is 0.266 e. The molecular formula is C15H14NO5S2-. The molecular weight excluding hydrogens is 338 g/mol. The first-order valence-electron chi connectivity index (χ1n) is 6.68. The Morgan fingerprint density at radius 3 is 2.70 bits per heavy atom. The largest absolute Gasteiger partial charge is 0.546 e. The molecule has 0 radical (unpaired) electrons. The van der Waals surface area contributed by atoms with Gasteiger partial charge < -0.3 is 19.4 Å². The SMILES string of the molecule is COCCN1C(=O)/C(=C/c2ccc(OCC(=O)[O-])cc2)SC1=S. The molecule has 1 aromatic rings. The third-order valence-electron chi connectivity index (χ3n) is 2.93. The molecule has 1 aliphatic rings. The van der Waals surface area contributed by atoms with E-state index in [0.29, 0.717) is 28.1 Å². The Labute approximate surface area is 143 Å². The summed E-state index contributed by atoms with van der Waals surface area (Å²) >= 11 is 6.44. The summed E-state index contributed by atoms with van der Waals surface area (Å²) in [7, 11) is 1.57. The normalized spacial score (nSPS) is 16.2. The number of carboxylic acid groups (broad SMARTS) is 1. The van der Waals surface area contributed by atoms with Gasteiger partial charge in [0.25, 0.3) is 5.91 Å². The maximum atomic E-state index is 12.3. The standard InChI is InChI=1S/C15H15NO5S2/c1-20-7-6-16-14(19)12(23-15(16)22)8-10-2-4-11(5-3-10)21-9-13(17)18/h2-5,8H,6-7,9H2,1H3,(H,17,18)/p-1/b12-8-. The van der Waals surface area contributed by atoms with Crippen molar-refractivity contribution >= 4 is 46.3 Å². The zero-order valence-electron chi connectivity index (χ0n) is 12.3.